The highest BCUT2D eigenvalue weighted by Crippen LogP contribution is 2.01. The van der Waals surface area contributed by atoms with Crippen LogP contribution in [0.15, 0.2) is 0 Å². The van der Waals surface area contributed by atoms with Gasteiger partial charge in [-0.15, -0.1) is 0 Å². The van der Waals surface area contributed by atoms with Crippen molar-refractivity contribution in [1.82, 2.24) is 0 Å². The van der Waals surface area contributed by atoms with E-state index in [4.69, 9.17) is 16.3 Å². The van der Waals surface area contributed by atoms with E-state index in [1.54, 1.807) is 13.8 Å². The van der Waals surface area contributed by atoms with Crippen molar-refractivity contribution in [3.8, 4) is 0 Å². The summed E-state index contributed by atoms with van der Waals surface area (Å²) in [5.74, 6) is -0.260. The average molecular weight is 209 g/mol. The summed E-state index contributed by atoms with van der Waals surface area (Å²) in [4.78, 5) is 20.9. The van der Waals surface area contributed by atoms with Crippen LogP contribution >= 0.6 is 11.6 Å². The van der Waals surface area contributed by atoms with E-state index >= 15 is 0 Å². The molecule has 0 saturated heterocycles. The highest BCUT2D eigenvalue weighted by atomic mass is 35.5. The lowest BCUT2D eigenvalue weighted by Crippen LogP contribution is -2.14. The molecule has 0 rings (SSSR count). The molecule has 4 nitrogen and oxygen atoms in total. The van der Waals surface area contributed by atoms with Crippen LogP contribution in [0.25, 0.3) is 0 Å². The summed E-state index contributed by atoms with van der Waals surface area (Å²) < 4.78 is 9.37. The molecule has 0 aromatic rings. The highest BCUT2D eigenvalue weighted by molar-refractivity contribution is 6.61. The van der Waals surface area contributed by atoms with Crippen LogP contribution < -0.4 is 0 Å². The topological polar surface area (TPSA) is 52.6 Å². The molecule has 0 aliphatic rings. The molecule has 0 radical (unpaired) electrons. The van der Waals surface area contributed by atoms with E-state index in [0.717, 1.165) is 0 Å². The Labute approximate surface area is 82.1 Å². The third kappa shape index (κ3) is 7.59. The molecule has 0 bridgehead atoms. The van der Waals surface area contributed by atoms with Crippen LogP contribution in [0.1, 0.15) is 26.7 Å². The number of carbonyl (C=O) groups excluding carboxylic acids is 2. The van der Waals surface area contributed by atoms with E-state index in [1.165, 1.54) is 0 Å². The summed E-state index contributed by atoms with van der Waals surface area (Å²) in [5, 5.41) is 0. The number of rotatable bonds is 5. The Balaban J connectivity index is 3.42. The number of ether oxygens (including phenoxy) is 2. The zero-order chi connectivity index (χ0) is 10.3. The zero-order valence-electron chi connectivity index (χ0n) is 7.71. The normalized spacial score (nSPS) is 11.9. The minimum Gasteiger partial charge on any atom is -0.466 e. The monoisotopic (exact) mass is 208 g/mol. The van der Waals surface area contributed by atoms with Crippen LogP contribution in [-0.2, 0) is 14.3 Å². The predicted octanol–water partition coefficient (Wildman–Crippen LogP) is 2.09. The quantitative estimate of drug-likeness (QED) is 0.513. The Morgan fingerprint density at radius 3 is 2.54 bits per heavy atom. The maximum atomic E-state index is 10.7. The first-order valence-corrected chi connectivity index (χ1v) is 4.45. The Morgan fingerprint density at radius 1 is 1.46 bits per heavy atom. The highest BCUT2D eigenvalue weighted by Gasteiger charge is 2.07. The summed E-state index contributed by atoms with van der Waals surface area (Å²) in [6, 6.07) is 0. The molecule has 0 amide bonds. The van der Waals surface area contributed by atoms with Gasteiger partial charge in [0, 0.05) is 24.4 Å². The van der Waals surface area contributed by atoms with Gasteiger partial charge in [0.15, 0.2) is 0 Å². The number of hydrogen-bond donors (Lipinski definition) is 0. The lowest BCUT2D eigenvalue weighted by Gasteiger charge is -2.10. The van der Waals surface area contributed by atoms with Gasteiger partial charge in [0.05, 0.1) is 6.61 Å². The van der Waals surface area contributed by atoms with Crippen LogP contribution in [0.4, 0.5) is 4.79 Å². The summed E-state index contributed by atoms with van der Waals surface area (Å²) in [5.41, 5.74) is -0.839. The molecule has 0 aliphatic heterocycles. The number of hydrogen-bond acceptors (Lipinski definition) is 4. The van der Waals surface area contributed by atoms with E-state index in [-0.39, 0.29) is 18.7 Å². The molecule has 0 fully saturated rings. The van der Waals surface area contributed by atoms with Gasteiger partial charge in [0.1, 0.15) is 6.10 Å². The molecule has 1 unspecified atom stereocenters. The molecule has 0 aromatic heterocycles. The van der Waals surface area contributed by atoms with Crippen molar-refractivity contribution in [3.63, 3.8) is 0 Å². The Bertz CT molecular complexity index is 181. The maximum absolute atomic E-state index is 10.7. The number of halogens is 1. The fourth-order valence-corrected chi connectivity index (χ4v) is 0.810. The molecular weight excluding hydrogens is 196 g/mol. The lowest BCUT2D eigenvalue weighted by molar-refractivity contribution is -0.143. The fraction of sp³-hybridized carbons (Fsp3) is 0.750. The van der Waals surface area contributed by atoms with E-state index in [1.807, 2.05) is 0 Å². The van der Waals surface area contributed by atoms with Gasteiger partial charge in [0.2, 0.25) is 0 Å². The molecule has 0 spiro atoms. The van der Waals surface area contributed by atoms with Gasteiger partial charge in [-0.2, -0.15) is 0 Å². The first kappa shape index (κ1) is 12.2. The third-order valence-electron chi connectivity index (χ3n) is 1.37. The summed E-state index contributed by atoms with van der Waals surface area (Å²) in [6.45, 7) is 3.64. The number of carbonyl (C=O) groups is 2. The van der Waals surface area contributed by atoms with E-state index in [2.05, 4.69) is 4.74 Å². The molecule has 76 valence electrons. The number of esters is 1. The lowest BCUT2D eigenvalue weighted by atomic mass is 10.3. The third-order valence-corrected chi connectivity index (χ3v) is 1.46. The van der Waals surface area contributed by atoms with Gasteiger partial charge in [-0.1, -0.05) is 6.92 Å². The second kappa shape index (κ2) is 6.71. The van der Waals surface area contributed by atoms with Crippen molar-refractivity contribution in [3.05, 3.63) is 0 Å². The Kier molecular flexibility index (Phi) is 6.32. The van der Waals surface area contributed by atoms with Crippen molar-refractivity contribution in [1.29, 1.82) is 0 Å². The minimum atomic E-state index is -0.839. The van der Waals surface area contributed by atoms with E-state index < -0.39 is 5.43 Å². The summed E-state index contributed by atoms with van der Waals surface area (Å²) in [7, 11) is 0. The van der Waals surface area contributed by atoms with Crippen LogP contribution in [0.3, 0.4) is 0 Å². The molecular formula is C8H13ClO4. The van der Waals surface area contributed by atoms with Crippen molar-refractivity contribution in [2.45, 2.75) is 32.8 Å². The first-order valence-electron chi connectivity index (χ1n) is 4.08. The van der Waals surface area contributed by atoms with Crippen molar-refractivity contribution < 1.29 is 19.1 Å². The van der Waals surface area contributed by atoms with E-state index in [9.17, 15) is 9.59 Å². The molecule has 0 aromatic carbocycles. The van der Waals surface area contributed by atoms with Crippen LogP contribution in [0, 0.1) is 0 Å². The standard InChI is InChI=1S/C8H13ClO4/c1-3-7(10)12-5-4-6(2)13-8(9)11/h6H,3-5H2,1-2H3. The SMILES string of the molecule is CCC(=O)OCCC(C)OC(=O)Cl. The summed E-state index contributed by atoms with van der Waals surface area (Å²) in [6.07, 6.45) is 0.489. The van der Waals surface area contributed by atoms with Crippen molar-refractivity contribution in [2.24, 2.45) is 0 Å². The Morgan fingerprint density at radius 2 is 2.08 bits per heavy atom. The average Bonchev–Trinajstić information content (AvgIpc) is 2.02. The smallest absolute Gasteiger partial charge is 0.404 e. The largest absolute Gasteiger partial charge is 0.466 e. The molecule has 5 heteroatoms. The first-order chi connectivity index (χ1) is 6.06. The van der Waals surface area contributed by atoms with Crippen LogP contribution in [0.2, 0.25) is 0 Å². The van der Waals surface area contributed by atoms with Crippen LogP contribution in [0.5, 0.6) is 0 Å². The van der Waals surface area contributed by atoms with Gasteiger partial charge >= 0.3 is 11.4 Å². The van der Waals surface area contributed by atoms with Gasteiger partial charge in [0.25, 0.3) is 0 Å². The Hall–Kier alpha value is -0.770. The van der Waals surface area contributed by atoms with Gasteiger partial charge in [-0.25, -0.2) is 4.79 Å². The fourth-order valence-electron chi connectivity index (χ4n) is 0.658. The molecule has 0 N–H and O–H groups in total. The molecule has 13 heavy (non-hydrogen) atoms. The zero-order valence-corrected chi connectivity index (χ0v) is 8.47. The maximum Gasteiger partial charge on any atom is 0.404 e. The molecule has 0 aliphatic carbocycles. The van der Waals surface area contributed by atoms with E-state index in [0.29, 0.717) is 12.8 Å². The predicted molar refractivity (Wildman–Crippen MR) is 47.7 cm³/mol. The van der Waals surface area contributed by atoms with Crippen molar-refractivity contribution >= 4 is 23.0 Å². The van der Waals surface area contributed by atoms with Crippen molar-refractivity contribution in [2.75, 3.05) is 6.61 Å². The molecule has 0 heterocycles. The van der Waals surface area contributed by atoms with Gasteiger partial charge in [-0.3, -0.25) is 4.79 Å². The second-order valence-electron chi connectivity index (χ2n) is 2.53. The summed E-state index contributed by atoms with van der Waals surface area (Å²) >= 11 is 4.97. The minimum absolute atomic E-state index is 0.248. The van der Waals surface area contributed by atoms with Gasteiger partial charge in [-0.05, 0) is 6.92 Å². The van der Waals surface area contributed by atoms with Crippen LogP contribution in [-0.4, -0.2) is 24.1 Å². The molecule has 1 atom stereocenters. The van der Waals surface area contributed by atoms with Gasteiger partial charge < -0.3 is 9.47 Å². The molecule has 0 saturated carbocycles. The second-order valence-corrected chi connectivity index (χ2v) is 2.84.